The summed E-state index contributed by atoms with van der Waals surface area (Å²) in [6.45, 7) is 2.20. The van der Waals surface area contributed by atoms with E-state index in [-0.39, 0.29) is 12.4 Å². The predicted octanol–water partition coefficient (Wildman–Crippen LogP) is 1.97. The highest BCUT2D eigenvalue weighted by Crippen LogP contribution is 2.47. The number of esters is 1. The molecule has 16 heavy (non-hydrogen) atoms. The lowest BCUT2D eigenvalue weighted by molar-refractivity contribution is -0.141. The molecule has 1 aliphatic carbocycles. The molecule has 0 amide bonds. The summed E-state index contributed by atoms with van der Waals surface area (Å²) < 4.78 is 10.2. The van der Waals surface area contributed by atoms with E-state index in [2.05, 4.69) is 11.7 Å². The van der Waals surface area contributed by atoms with E-state index in [9.17, 15) is 4.79 Å². The Labute approximate surface area is 94.8 Å². The van der Waals surface area contributed by atoms with E-state index < -0.39 is 6.04 Å². The Hall–Kier alpha value is -1.29. The van der Waals surface area contributed by atoms with Crippen LogP contribution in [0.1, 0.15) is 43.2 Å². The van der Waals surface area contributed by atoms with Crippen LogP contribution in [0.4, 0.5) is 0 Å². The summed E-state index contributed by atoms with van der Waals surface area (Å²) in [5, 5.41) is 0. The summed E-state index contributed by atoms with van der Waals surface area (Å²) in [6.07, 6.45) is 1.34. The molecule has 1 aromatic rings. The summed E-state index contributed by atoms with van der Waals surface area (Å²) in [5.74, 6) is 2.59. The molecule has 1 fully saturated rings. The van der Waals surface area contributed by atoms with E-state index in [1.807, 2.05) is 12.1 Å². The zero-order valence-electron chi connectivity index (χ0n) is 9.60. The lowest BCUT2D eigenvalue weighted by Gasteiger charge is -2.06. The van der Waals surface area contributed by atoms with Crippen molar-refractivity contribution in [1.82, 2.24) is 0 Å². The number of hydrogen-bond donors (Lipinski definition) is 1. The first-order valence-electron chi connectivity index (χ1n) is 5.54. The summed E-state index contributed by atoms with van der Waals surface area (Å²) in [6, 6.07) is 3.41. The minimum atomic E-state index is -0.407. The molecule has 88 valence electrons. The van der Waals surface area contributed by atoms with Crippen molar-refractivity contribution < 1.29 is 13.9 Å². The number of hydrogen-bond acceptors (Lipinski definition) is 4. The van der Waals surface area contributed by atoms with E-state index in [1.54, 1.807) is 0 Å². The smallest absolute Gasteiger partial charge is 0.307 e. The summed E-state index contributed by atoms with van der Waals surface area (Å²) >= 11 is 0. The number of nitrogens with two attached hydrogens (primary N) is 1. The normalized spacial score (nSPS) is 25.2. The second-order valence-electron chi connectivity index (χ2n) is 4.45. The van der Waals surface area contributed by atoms with E-state index in [0.29, 0.717) is 17.6 Å². The van der Waals surface area contributed by atoms with Crippen molar-refractivity contribution in [2.45, 2.75) is 31.7 Å². The summed E-state index contributed by atoms with van der Waals surface area (Å²) in [7, 11) is 1.36. The quantitative estimate of drug-likeness (QED) is 0.792. The molecule has 0 bridgehead atoms. The Balaban J connectivity index is 1.98. The van der Waals surface area contributed by atoms with Crippen molar-refractivity contribution in [3.8, 4) is 0 Å². The van der Waals surface area contributed by atoms with Crippen LogP contribution in [-0.4, -0.2) is 13.1 Å². The Bertz CT molecular complexity index is 385. The Kier molecular flexibility index (Phi) is 3.01. The van der Waals surface area contributed by atoms with Crippen LogP contribution in [0.15, 0.2) is 16.5 Å². The number of furan rings is 1. The highest BCUT2D eigenvalue weighted by Gasteiger charge is 2.36. The second-order valence-corrected chi connectivity index (χ2v) is 4.45. The average molecular weight is 223 g/mol. The Morgan fingerprint density at radius 1 is 1.69 bits per heavy atom. The molecule has 1 aliphatic rings. The molecular weight excluding hydrogens is 206 g/mol. The SMILES string of the molecule is COC(=O)C[C@H](N)c1ccc(C2CC2C)o1. The molecule has 1 saturated carbocycles. The first-order valence-corrected chi connectivity index (χ1v) is 5.54. The van der Waals surface area contributed by atoms with Crippen LogP contribution in [0.25, 0.3) is 0 Å². The van der Waals surface area contributed by atoms with Gasteiger partial charge < -0.3 is 14.9 Å². The fourth-order valence-electron chi connectivity index (χ4n) is 1.85. The van der Waals surface area contributed by atoms with E-state index >= 15 is 0 Å². The molecule has 2 rings (SSSR count). The van der Waals surface area contributed by atoms with Gasteiger partial charge in [-0.3, -0.25) is 4.79 Å². The molecule has 1 heterocycles. The minimum Gasteiger partial charge on any atom is -0.469 e. The topological polar surface area (TPSA) is 65.5 Å². The van der Waals surface area contributed by atoms with Gasteiger partial charge in [0.05, 0.1) is 19.6 Å². The van der Waals surface area contributed by atoms with Crippen LogP contribution in [0.5, 0.6) is 0 Å². The molecule has 2 unspecified atom stereocenters. The van der Waals surface area contributed by atoms with Gasteiger partial charge in [-0.25, -0.2) is 0 Å². The van der Waals surface area contributed by atoms with Crippen molar-refractivity contribution in [3.05, 3.63) is 23.7 Å². The van der Waals surface area contributed by atoms with Gasteiger partial charge >= 0.3 is 5.97 Å². The zero-order valence-corrected chi connectivity index (χ0v) is 9.60. The van der Waals surface area contributed by atoms with Crippen molar-refractivity contribution >= 4 is 5.97 Å². The van der Waals surface area contributed by atoms with E-state index in [1.165, 1.54) is 13.5 Å². The van der Waals surface area contributed by atoms with Gasteiger partial charge in [0.2, 0.25) is 0 Å². The van der Waals surface area contributed by atoms with Gasteiger partial charge in [0.1, 0.15) is 11.5 Å². The van der Waals surface area contributed by atoms with Crippen LogP contribution >= 0.6 is 0 Å². The average Bonchev–Trinajstić information content (AvgIpc) is 2.82. The molecule has 0 aromatic carbocycles. The largest absolute Gasteiger partial charge is 0.469 e. The Morgan fingerprint density at radius 3 is 2.94 bits per heavy atom. The Morgan fingerprint density at radius 2 is 2.38 bits per heavy atom. The van der Waals surface area contributed by atoms with Crippen molar-refractivity contribution in [3.63, 3.8) is 0 Å². The van der Waals surface area contributed by atoms with Gasteiger partial charge in [0.15, 0.2) is 0 Å². The second kappa shape index (κ2) is 4.29. The van der Waals surface area contributed by atoms with Gasteiger partial charge in [-0.2, -0.15) is 0 Å². The third-order valence-electron chi connectivity index (χ3n) is 3.10. The van der Waals surface area contributed by atoms with Gasteiger partial charge in [-0.1, -0.05) is 6.92 Å². The molecule has 0 spiro atoms. The first-order chi connectivity index (χ1) is 7.61. The number of ether oxygens (including phenoxy) is 1. The van der Waals surface area contributed by atoms with Gasteiger partial charge in [-0.05, 0) is 24.5 Å². The van der Waals surface area contributed by atoms with Crippen LogP contribution in [0.2, 0.25) is 0 Å². The monoisotopic (exact) mass is 223 g/mol. The molecule has 4 nitrogen and oxygen atoms in total. The maximum absolute atomic E-state index is 11.1. The predicted molar refractivity (Wildman–Crippen MR) is 58.8 cm³/mol. The first kappa shape index (κ1) is 11.2. The molecule has 0 radical (unpaired) electrons. The standard InChI is InChI=1S/C12H17NO3/c1-7-5-8(7)10-3-4-11(16-10)9(13)6-12(14)15-2/h3-4,7-9H,5-6,13H2,1-2H3/t7?,8?,9-/m0/s1. The molecule has 4 heteroatoms. The minimum absolute atomic E-state index is 0.156. The summed E-state index contributed by atoms with van der Waals surface area (Å²) in [4.78, 5) is 11.1. The fourth-order valence-corrected chi connectivity index (χ4v) is 1.85. The van der Waals surface area contributed by atoms with Gasteiger partial charge in [0, 0.05) is 5.92 Å². The maximum atomic E-state index is 11.1. The molecule has 0 saturated heterocycles. The van der Waals surface area contributed by atoms with Crippen LogP contribution in [-0.2, 0) is 9.53 Å². The summed E-state index contributed by atoms with van der Waals surface area (Å²) in [5.41, 5.74) is 5.85. The molecule has 2 N–H and O–H groups in total. The molecule has 1 aromatic heterocycles. The fraction of sp³-hybridized carbons (Fsp3) is 0.583. The van der Waals surface area contributed by atoms with Crippen LogP contribution < -0.4 is 5.73 Å². The van der Waals surface area contributed by atoms with Crippen molar-refractivity contribution in [1.29, 1.82) is 0 Å². The zero-order chi connectivity index (χ0) is 11.7. The molecular formula is C12H17NO3. The molecule has 0 aliphatic heterocycles. The van der Waals surface area contributed by atoms with Crippen molar-refractivity contribution in [2.75, 3.05) is 7.11 Å². The van der Waals surface area contributed by atoms with Gasteiger partial charge in [-0.15, -0.1) is 0 Å². The number of methoxy groups -OCH3 is 1. The number of rotatable bonds is 4. The van der Waals surface area contributed by atoms with Crippen LogP contribution in [0.3, 0.4) is 0 Å². The lowest BCUT2D eigenvalue weighted by Crippen LogP contribution is -2.15. The third-order valence-corrected chi connectivity index (χ3v) is 3.10. The van der Waals surface area contributed by atoms with E-state index in [0.717, 1.165) is 5.76 Å². The highest BCUT2D eigenvalue weighted by atomic mass is 16.5. The highest BCUT2D eigenvalue weighted by molar-refractivity contribution is 5.70. The van der Waals surface area contributed by atoms with Gasteiger partial charge in [0.25, 0.3) is 0 Å². The van der Waals surface area contributed by atoms with E-state index in [4.69, 9.17) is 10.2 Å². The maximum Gasteiger partial charge on any atom is 0.307 e. The van der Waals surface area contributed by atoms with Crippen molar-refractivity contribution in [2.24, 2.45) is 11.7 Å². The lowest BCUT2D eigenvalue weighted by atomic mass is 10.2. The number of carbonyl (C=O) groups is 1. The number of carbonyl (C=O) groups excluding carboxylic acids is 1. The van der Waals surface area contributed by atoms with Crippen LogP contribution in [0, 0.1) is 5.92 Å². The third kappa shape index (κ3) is 2.27. The molecule has 3 atom stereocenters.